The van der Waals surface area contributed by atoms with E-state index < -0.39 is 166 Å². The predicted octanol–water partition coefficient (Wildman–Crippen LogP) is 22.0. The van der Waals surface area contributed by atoms with Gasteiger partial charge in [0.25, 0.3) is 6.33 Å². The van der Waals surface area contributed by atoms with Crippen LogP contribution < -0.4 is 9.30 Å². The van der Waals surface area contributed by atoms with Crippen molar-refractivity contribution in [3.63, 3.8) is 0 Å². The van der Waals surface area contributed by atoms with E-state index in [0.717, 1.165) is 38.1 Å². The molecular formula is C86H65N5O. The number of hydrogen-bond acceptors (Lipinski definition) is 2. The summed E-state index contributed by atoms with van der Waals surface area (Å²) in [6.07, 6.45) is 5.49. The number of hydrogen-bond donors (Lipinski definition) is 0. The number of nitrogens with zero attached hydrogens (tertiary/aromatic N) is 5. The SMILES string of the molecule is [2H]c1c([2H])c([2H])c(-c2c([2H])c(-c3cc4c5c(c3)n(-c3cccc(Oc6ccc7c8ccccc8n(-c8cc(C(C)(C)C)ccn8)c7c6)c3)[c-][n+]5-c3c(cc(C(C)(C)C)cc3-n3c5ccccc5c5ccccc53)-c3c([2H])c([2H])c([2H])c([2H])c3-c3c([2H])c([2H])c([2H])c([2H])c3-4)c([2H])c(-c3c([2H])c([2H])c([2H])c([2H])c3[2H])c2[2H])c([2H])c1[2H]. The van der Waals surface area contributed by atoms with Gasteiger partial charge < -0.3 is 9.30 Å². The van der Waals surface area contributed by atoms with Crippen LogP contribution in [0.3, 0.4) is 0 Å². The Hall–Kier alpha value is -11.3. The second-order valence-electron chi connectivity index (χ2n) is 25.0. The molecule has 0 aliphatic carbocycles. The highest BCUT2D eigenvalue weighted by Crippen LogP contribution is 2.49. The van der Waals surface area contributed by atoms with E-state index in [9.17, 15) is 20.6 Å². The van der Waals surface area contributed by atoms with Crippen LogP contribution in [-0.2, 0) is 10.8 Å². The molecule has 17 rings (SSSR count). The highest BCUT2D eigenvalue weighted by Gasteiger charge is 2.31. The average molecular weight is 1210 g/mol. The summed E-state index contributed by atoms with van der Waals surface area (Å²) in [7, 11) is 0. The lowest BCUT2D eigenvalue weighted by Crippen LogP contribution is -2.33. The first-order valence-corrected chi connectivity index (χ1v) is 30.1. The fourth-order valence-electron chi connectivity index (χ4n) is 12.9. The quantitative estimate of drug-likeness (QED) is 0.112. The lowest BCUT2D eigenvalue weighted by atomic mass is 9.83. The van der Waals surface area contributed by atoms with E-state index in [-0.39, 0.29) is 61.3 Å². The van der Waals surface area contributed by atoms with Crippen LogP contribution in [0.5, 0.6) is 11.5 Å². The maximum absolute atomic E-state index is 10.5. The third-order valence-corrected chi connectivity index (χ3v) is 17.3. The summed E-state index contributed by atoms with van der Waals surface area (Å²) in [5, 5.41) is 3.58. The van der Waals surface area contributed by atoms with Crippen LogP contribution in [0, 0.1) is 6.33 Å². The van der Waals surface area contributed by atoms with E-state index in [2.05, 4.69) is 37.7 Å². The maximum Gasteiger partial charge on any atom is 0.269 e. The van der Waals surface area contributed by atoms with Crippen molar-refractivity contribution in [2.45, 2.75) is 52.4 Å². The Morgan fingerprint density at radius 2 is 0.924 bits per heavy atom. The molecule has 92 heavy (non-hydrogen) atoms. The summed E-state index contributed by atoms with van der Waals surface area (Å²) >= 11 is 0. The zero-order valence-electron chi connectivity index (χ0n) is 71.7. The molecule has 0 unspecified atom stereocenters. The Kier molecular flexibility index (Phi) is 8.50. The van der Waals surface area contributed by atoms with Crippen molar-refractivity contribution in [3.05, 3.63) is 302 Å². The van der Waals surface area contributed by atoms with E-state index in [1.165, 1.54) is 12.1 Å². The average Bonchev–Trinajstić information content (AvgIpc) is 1.61. The number of imidazole rings is 1. The Morgan fingerprint density at radius 3 is 1.52 bits per heavy atom. The van der Waals surface area contributed by atoms with E-state index in [4.69, 9.17) is 17.9 Å². The minimum atomic E-state index is -0.916. The fraction of sp³-hybridized carbons (Fsp3) is 0.0930. The molecule has 0 fully saturated rings. The molecule has 440 valence electrons. The number of rotatable bonds is 8. The van der Waals surface area contributed by atoms with Gasteiger partial charge in [-0.1, -0.05) is 223 Å². The molecule has 0 radical (unpaired) electrons. The van der Waals surface area contributed by atoms with E-state index in [1.807, 2.05) is 135 Å². The molecule has 5 heterocycles. The number of pyridine rings is 1. The largest absolute Gasteiger partial charge is 0.458 e. The third kappa shape index (κ3) is 9.07. The van der Waals surface area contributed by atoms with E-state index >= 15 is 0 Å². The van der Waals surface area contributed by atoms with Crippen molar-refractivity contribution < 1.29 is 38.1 Å². The highest BCUT2D eigenvalue weighted by molar-refractivity contribution is 6.11. The van der Waals surface area contributed by atoms with Crippen molar-refractivity contribution in [2.75, 3.05) is 0 Å². The molecule has 0 N–H and O–H groups in total. The van der Waals surface area contributed by atoms with Crippen LogP contribution in [0.4, 0.5) is 0 Å². The highest BCUT2D eigenvalue weighted by atomic mass is 16.5. The third-order valence-electron chi connectivity index (χ3n) is 17.3. The molecule has 6 nitrogen and oxygen atoms in total. The lowest BCUT2D eigenvalue weighted by Gasteiger charge is -2.26. The van der Waals surface area contributed by atoms with E-state index in [1.54, 1.807) is 39.6 Å². The second-order valence-corrected chi connectivity index (χ2v) is 25.0. The van der Waals surface area contributed by atoms with Gasteiger partial charge in [0.15, 0.2) is 0 Å². The number of benzene rings is 12. The summed E-state index contributed by atoms with van der Waals surface area (Å²) in [4.78, 5) is 4.90. The molecule has 0 saturated carbocycles. The molecule has 0 saturated heterocycles. The Labute approximate surface area is 565 Å². The molecule has 12 aromatic carbocycles. The monoisotopic (exact) mass is 1200 g/mol. The summed E-state index contributed by atoms with van der Waals surface area (Å²) < 4.78 is 216. The topological polar surface area (TPSA) is 40.8 Å². The number of para-hydroxylation sites is 3. The van der Waals surface area contributed by atoms with Crippen molar-refractivity contribution >= 4 is 54.6 Å². The van der Waals surface area contributed by atoms with Crippen LogP contribution in [0.15, 0.2) is 285 Å². The van der Waals surface area contributed by atoms with Crippen LogP contribution >= 0.6 is 0 Å². The predicted molar refractivity (Wildman–Crippen MR) is 380 cm³/mol. The molecule has 6 heteroatoms. The van der Waals surface area contributed by atoms with Crippen molar-refractivity contribution in [2.24, 2.45) is 0 Å². The van der Waals surface area contributed by atoms with Crippen LogP contribution in [0.1, 0.15) is 81.5 Å². The molecule has 0 bridgehead atoms. The maximum atomic E-state index is 10.5. The molecule has 0 atom stereocenters. The molecule has 16 aromatic rings. The number of fused-ring (bicyclic) bond motifs is 13. The lowest BCUT2D eigenvalue weighted by molar-refractivity contribution is -0.571. The smallest absolute Gasteiger partial charge is 0.269 e. The summed E-state index contributed by atoms with van der Waals surface area (Å²) in [6, 6.07) is 30.1. The fourth-order valence-corrected chi connectivity index (χ4v) is 12.9. The van der Waals surface area contributed by atoms with Gasteiger partial charge in [-0.2, -0.15) is 0 Å². The summed E-state index contributed by atoms with van der Waals surface area (Å²) in [5.74, 6) is 1.38. The van der Waals surface area contributed by atoms with Gasteiger partial charge in [-0.05, 0) is 180 Å². The minimum Gasteiger partial charge on any atom is -0.458 e. The second kappa shape index (κ2) is 21.1. The molecule has 4 aromatic heterocycles. The summed E-state index contributed by atoms with van der Waals surface area (Å²) in [5.41, 5.74) is 0.144. The summed E-state index contributed by atoms with van der Waals surface area (Å²) in [6.45, 7) is 12.4. The molecule has 1 aliphatic rings. The van der Waals surface area contributed by atoms with Crippen LogP contribution in [-0.4, -0.2) is 18.7 Å². The minimum absolute atomic E-state index is 0.0657. The first kappa shape index (κ1) is 37.0. The van der Waals surface area contributed by atoms with Gasteiger partial charge in [0.2, 0.25) is 0 Å². The van der Waals surface area contributed by atoms with Gasteiger partial charge in [0.1, 0.15) is 17.3 Å². The molecule has 0 amide bonds. The first-order chi connectivity index (χ1) is 53.6. The van der Waals surface area contributed by atoms with Gasteiger partial charge >= 0.3 is 0 Å². The van der Waals surface area contributed by atoms with Crippen molar-refractivity contribution in [1.29, 1.82) is 0 Å². The normalized spacial score (nSPS) is 15.4. The Bertz CT molecular complexity index is 6760. The molecular weight excluding hydrogens is 1120 g/mol. The Morgan fingerprint density at radius 1 is 0.402 bits per heavy atom. The van der Waals surface area contributed by atoms with Gasteiger partial charge in [0.05, 0.1) is 78.9 Å². The van der Waals surface area contributed by atoms with Gasteiger partial charge in [-0.3, -0.25) is 13.7 Å². The van der Waals surface area contributed by atoms with Crippen LogP contribution in [0.25, 0.3) is 144 Å². The molecule has 1 aliphatic heterocycles. The zero-order chi connectivity index (χ0) is 80.3. The Balaban J connectivity index is 1.06. The molecule has 0 spiro atoms. The first-order valence-electron chi connectivity index (χ1n) is 40.6. The number of ether oxygens (including phenoxy) is 1. The van der Waals surface area contributed by atoms with Crippen LogP contribution in [0.2, 0.25) is 0 Å². The van der Waals surface area contributed by atoms with Gasteiger partial charge in [-0.25, -0.2) is 4.98 Å². The number of aromatic nitrogens is 5. The van der Waals surface area contributed by atoms with Crippen molar-refractivity contribution in [1.82, 2.24) is 18.7 Å². The van der Waals surface area contributed by atoms with Gasteiger partial charge in [0, 0.05) is 33.8 Å². The van der Waals surface area contributed by atoms with Gasteiger partial charge in [-0.15, -0.1) is 0 Å². The van der Waals surface area contributed by atoms with E-state index in [0.29, 0.717) is 39.5 Å². The standard InChI is InChI=1S/C86H65N5O/c1-85(2,3)61-42-43-87-82(51-61)91-78-39-22-19-36-72(78)73-41-40-65(53-79(73)91)92-64-29-23-28-63(52-64)88-54-89-83-74(47-60(48-80(83)88)59-45-57(55-24-9-7-10-25-55)44-58(46-59)56-26-11-8-12-27-56)68-32-15-13-30-66(68)67-31-14-16-33-69(67)75-49-62(86(4,5)6)50-81(84(75)89)90-76-37-20-17-34-70(76)71-35-18-21-38-77(71)90/h7-53H,1-6H3/i7D,8D,9D,10D,11D,12D,13D,14D,15D,16D,24D,25D,26D,27D,30D,31D,32D,33D,44D,45D,46D. The van der Waals surface area contributed by atoms with Crippen molar-refractivity contribution in [3.8, 4) is 101 Å². The zero-order valence-corrected chi connectivity index (χ0v) is 50.7.